The van der Waals surface area contributed by atoms with E-state index in [0.29, 0.717) is 37.0 Å². The average molecular weight is 424 g/mol. The topological polar surface area (TPSA) is 30.3 Å². The van der Waals surface area contributed by atoms with Gasteiger partial charge in [-0.15, -0.1) is 0 Å². The van der Waals surface area contributed by atoms with Gasteiger partial charge in [0.05, 0.1) is 17.6 Å². The number of nitrogens with zero attached hydrogens (tertiary/aromatic N) is 3. The summed E-state index contributed by atoms with van der Waals surface area (Å²) in [5.41, 5.74) is 1.33. The second kappa shape index (κ2) is 9.33. The lowest BCUT2D eigenvalue weighted by atomic mass is 10.2. The molecule has 154 valence electrons. The van der Waals surface area contributed by atoms with E-state index in [2.05, 4.69) is 9.88 Å². The van der Waals surface area contributed by atoms with E-state index in [1.807, 2.05) is 35.9 Å². The minimum Gasteiger partial charge on any atom is -0.492 e. The van der Waals surface area contributed by atoms with Gasteiger partial charge in [-0.05, 0) is 35.9 Å². The Kier molecular flexibility index (Phi) is 6.82. The fraction of sp³-hybridized carbons (Fsp3) is 0.286. The largest absolute Gasteiger partial charge is 0.492 e. The molecule has 0 radical (unpaired) electrons. The Morgan fingerprint density at radius 2 is 1.79 bits per heavy atom. The number of imidazole rings is 1. The number of alkyl halides is 3. The molecule has 29 heavy (non-hydrogen) atoms. The van der Waals surface area contributed by atoms with E-state index in [-0.39, 0.29) is 0 Å². The Hall–Kier alpha value is -2.51. The molecule has 3 aromatic rings. The number of benzene rings is 2. The van der Waals surface area contributed by atoms with E-state index in [9.17, 15) is 13.2 Å². The summed E-state index contributed by atoms with van der Waals surface area (Å²) in [5.74, 6) is 0.399. The normalized spacial score (nSPS) is 11.8. The van der Waals surface area contributed by atoms with Gasteiger partial charge in [0.25, 0.3) is 0 Å². The van der Waals surface area contributed by atoms with Gasteiger partial charge in [0.2, 0.25) is 0 Å². The van der Waals surface area contributed by atoms with Crippen molar-refractivity contribution in [3.8, 4) is 5.75 Å². The highest BCUT2D eigenvalue weighted by Crippen LogP contribution is 2.30. The van der Waals surface area contributed by atoms with Crippen molar-refractivity contribution in [2.45, 2.75) is 19.3 Å². The quantitative estimate of drug-likeness (QED) is 0.500. The van der Waals surface area contributed by atoms with Crippen LogP contribution in [-0.2, 0) is 26.3 Å². The molecule has 0 bridgehead atoms. The first-order chi connectivity index (χ1) is 13.8. The summed E-state index contributed by atoms with van der Waals surface area (Å²) in [6, 6.07) is 12.3. The van der Waals surface area contributed by atoms with Crippen molar-refractivity contribution in [2.75, 3.05) is 13.2 Å². The van der Waals surface area contributed by atoms with Gasteiger partial charge >= 0.3 is 6.18 Å². The van der Waals surface area contributed by atoms with Crippen LogP contribution in [0.5, 0.6) is 5.75 Å². The Balaban J connectivity index is 1.63. The molecule has 0 aliphatic carbocycles. The molecule has 1 aromatic heterocycles. The smallest absolute Gasteiger partial charge is 0.416 e. The van der Waals surface area contributed by atoms with Gasteiger partial charge in [0, 0.05) is 37.9 Å². The summed E-state index contributed by atoms with van der Waals surface area (Å²) in [7, 11) is 1.93. The van der Waals surface area contributed by atoms with Gasteiger partial charge < -0.3 is 9.30 Å². The van der Waals surface area contributed by atoms with Crippen molar-refractivity contribution in [3.05, 3.63) is 82.9 Å². The first kappa shape index (κ1) is 21.2. The number of ether oxygens (including phenoxy) is 1. The molecule has 0 atom stereocenters. The average Bonchev–Trinajstić information content (AvgIpc) is 3.08. The van der Waals surface area contributed by atoms with Gasteiger partial charge in [-0.3, -0.25) is 4.90 Å². The van der Waals surface area contributed by atoms with Crippen molar-refractivity contribution < 1.29 is 17.9 Å². The van der Waals surface area contributed by atoms with Crippen LogP contribution in [0.1, 0.15) is 16.8 Å². The van der Waals surface area contributed by atoms with E-state index < -0.39 is 11.7 Å². The predicted octanol–water partition coefficient (Wildman–Crippen LogP) is 5.17. The van der Waals surface area contributed by atoms with E-state index in [1.54, 1.807) is 12.5 Å². The molecule has 0 saturated heterocycles. The first-order valence-corrected chi connectivity index (χ1v) is 9.42. The second-order valence-corrected chi connectivity index (χ2v) is 7.08. The van der Waals surface area contributed by atoms with Crippen LogP contribution in [0.2, 0.25) is 5.02 Å². The zero-order chi connectivity index (χ0) is 20.9. The first-order valence-electron chi connectivity index (χ1n) is 9.04. The number of hydrogen-bond acceptors (Lipinski definition) is 3. The summed E-state index contributed by atoms with van der Waals surface area (Å²) in [4.78, 5) is 6.30. The van der Waals surface area contributed by atoms with Crippen LogP contribution in [0.3, 0.4) is 0 Å². The summed E-state index contributed by atoms with van der Waals surface area (Å²) >= 11 is 6.30. The monoisotopic (exact) mass is 423 g/mol. The number of rotatable bonds is 8. The molecule has 0 fully saturated rings. The van der Waals surface area contributed by atoms with Crippen LogP contribution in [0.15, 0.2) is 61.1 Å². The Bertz CT molecular complexity index is 925. The summed E-state index contributed by atoms with van der Waals surface area (Å²) in [6.07, 6.45) is -0.814. The van der Waals surface area contributed by atoms with Gasteiger partial charge in [-0.25, -0.2) is 4.98 Å². The van der Waals surface area contributed by atoms with E-state index >= 15 is 0 Å². The predicted molar refractivity (Wildman–Crippen MR) is 106 cm³/mol. The third-order valence-corrected chi connectivity index (χ3v) is 4.88. The van der Waals surface area contributed by atoms with E-state index in [4.69, 9.17) is 16.3 Å². The van der Waals surface area contributed by atoms with E-state index in [1.165, 1.54) is 12.1 Å². The Morgan fingerprint density at radius 1 is 1.07 bits per heavy atom. The van der Waals surface area contributed by atoms with Crippen molar-refractivity contribution in [2.24, 2.45) is 7.05 Å². The van der Waals surface area contributed by atoms with Gasteiger partial charge in [-0.1, -0.05) is 29.8 Å². The molecule has 3 rings (SSSR count). The van der Waals surface area contributed by atoms with Gasteiger partial charge in [-0.2, -0.15) is 13.2 Å². The standard InChI is InChI=1S/C21H21ClF3N3O/c1-27-15-26-12-18(27)14-28(13-16-4-2-3-5-20(16)22)10-11-29-19-8-6-17(7-9-19)21(23,24)25/h2-9,12,15H,10-11,13-14H2,1H3. The zero-order valence-electron chi connectivity index (χ0n) is 15.9. The lowest BCUT2D eigenvalue weighted by molar-refractivity contribution is -0.137. The summed E-state index contributed by atoms with van der Waals surface area (Å²) in [6.45, 7) is 2.14. The highest BCUT2D eigenvalue weighted by molar-refractivity contribution is 6.31. The summed E-state index contributed by atoms with van der Waals surface area (Å²) < 4.78 is 45.6. The van der Waals surface area contributed by atoms with Gasteiger partial charge in [0.1, 0.15) is 12.4 Å². The number of hydrogen-bond donors (Lipinski definition) is 0. The lowest BCUT2D eigenvalue weighted by Gasteiger charge is -2.23. The molecule has 0 aliphatic rings. The third-order valence-electron chi connectivity index (χ3n) is 4.51. The maximum absolute atomic E-state index is 12.7. The second-order valence-electron chi connectivity index (χ2n) is 6.67. The number of halogens is 4. The summed E-state index contributed by atoms with van der Waals surface area (Å²) in [5, 5.41) is 0.686. The molecule has 0 saturated carbocycles. The molecule has 0 aliphatic heterocycles. The molecular formula is C21H21ClF3N3O. The molecule has 2 aromatic carbocycles. The minimum absolute atomic E-state index is 0.327. The minimum atomic E-state index is -4.35. The lowest BCUT2D eigenvalue weighted by Crippen LogP contribution is -2.28. The fourth-order valence-corrected chi connectivity index (χ4v) is 3.08. The van der Waals surface area contributed by atoms with Crippen molar-refractivity contribution in [3.63, 3.8) is 0 Å². The van der Waals surface area contributed by atoms with Crippen molar-refractivity contribution >= 4 is 11.6 Å². The molecule has 0 unspecified atom stereocenters. The van der Waals surface area contributed by atoms with Crippen LogP contribution in [-0.4, -0.2) is 27.6 Å². The van der Waals surface area contributed by atoms with Gasteiger partial charge in [0.15, 0.2) is 0 Å². The number of aryl methyl sites for hydroxylation is 1. The van der Waals surface area contributed by atoms with Crippen molar-refractivity contribution in [1.29, 1.82) is 0 Å². The SMILES string of the molecule is Cn1cncc1CN(CCOc1ccc(C(F)(F)F)cc1)Cc1ccccc1Cl. The van der Waals surface area contributed by atoms with Crippen LogP contribution in [0.25, 0.3) is 0 Å². The third kappa shape index (κ3) is 5.98. The Morgan fingerprint density at radius 3 is 2.41 bits per heavy atom. The highest BCUT2D eigenvalue weighted by Gasteiger charge is 2.30. The van der Waals surface area contributed by atoms with Crippen molar-refractivity contribution in [1.82, 2.24) is 14.5 Å². The maximum atomic E-state index is 12.7. The van der Waals surface area contributed by atoms with E-state index in [0.717, 1.165) is 23.4 Å². The molecule has 4 nitrogen and oxygen atoms in total. The Labute approximate surface area is 172 Å². The number of aromatic nitrogens is 2. The molecule has 0 amide bonds. The molecule has 8 heteroatoms. The maximum Gasteiger partial charge on any atom is 0.416 e. The highest BCUT2D eigenvalue weighted by atomic mass is 35.5. The molecular weight excluding hydrogens is 403 g/mol. The van der Waals surface area contributed by atoms with Crippen LogP contribution in [0.4, 0.5) is 13.2 Å². The molecule has 0 N–H and O–H groups in total. The molecule has 1 heterocycles. The van der Waals surface area contributed by atoms with Crippen LogP contribution < -0.4 is 4.74 Å². The zero-order valence-corrected chi connectivity index (χ0v) is 16.6. The van der Waals surface area contributed by atoms with Crippen LogP contribution >= 0.6 is 11.6 Å². The molecule has 0 spiro atoms. The fourth-order valence-electron chi connectivity index (χ4n) is 2.88. The van der Waals surface area contributed by atoms with Crippen LogP contribution in [0, 0.1) is 0 Å².